The van der Waals surface area contributed by atoms with Crippen LogP contribution in [0.3, 0.4) is 0 Å². The molecule has 0 fully saturated rings. The maximum Gasteiger partial charge on any atom is 0.260 e. The normalized spacial score (nSPS) is 11.7. The molecule has 33 heavy (non-hydrogen) atoms. The van der Waals surface area contributed by atoms with Crippen molar-refractivity contribution in [3.05, 3.63) is 82.2 Å². The van der Waals surface area contributed by atoms with Crippen molar-refractivity contribution in [2.24, 2.45) is 5.10 Å². The second kappa shape index (κ2) is 9.62. The van der Waals surface area contributed by atoms with Gasteiger partial charge in [0.1, 0.15) is 6.54 Å². The molecule has 0 atom stereocenters. The Kier molecular flexibility index (Phi) is 7.07. The largest absolute Gasteiger partial charge is 0.318 e. The van der Waals surface area contributed by atoms with E-state index in [-0.39, 0.29) is 6.54 Å². The van der Waals surface area contributed by atoms with Gasteiger partial charge in [-0.3, -0.25) is 9.10 Å². The number of para-hydroxylation sites is 1. The van der Waals surface area contributed by atoms with E-state index in [9.17, 15) is 13.2 Å². The predicted octanol–water partition coefficient (Wildman–Crippen LogP) is 3.94. The summed E-state index contributed by atoms with van der Waals surface area (Å²) in [6.45, 7) is 9.61. The summed E-state index contributed by atoms with van der Waals surface area (Å²) in [7, 11) is -3.64. The van der Waals surface area contributed by atoms with E-state index in [1.807, 2.05) is 26.0 Å². The summed E-state index contributed by atoms with van der Waals surface area (Å²) in [5.41, 5.74) is 10.1. The van der Waals surface area contributed by atoms with Crippen molar-refractivity contribution in [3.63, 3.8) is 0 Å². The van der Waals surface area contributed by atoms with Gasteiger partial charge in [-0.05, 0) is 63.9 Å². The predicted molar refractivity (Wildman–Crippen MR) is 134 cm³/mol. The summed E-state index contributed by atoms with van der Waals surface area (Å²) >= 11 is 0. The Hall–Kier alpha value is -3.39. The van der Waals surface area contributed by atoms with Crippen LogP contribution in [0, 0.1) is 34.6 Å². The first-order valence-corrected chi connectivity index (χ1v) is 12.5. The number of amides is 1. The minimum Gasteiger partial charge on any atom is -0.318 e. The third kappa shape index (κ3) is 5.51. The molecule has 1 amide bonds. The lowest BCUT2D eigenvalue weighted by atomic mass is 10.1. The highest BCUT2D eigenvalue weighted by atomic mass is 32.2. The minimum atomic E-state index is -3.64. The molecular formula is C25H30N4O3S. The summed E-state index contributed by atoms with van der Waals surface area (Å²) in [4.78, 5) is 12.5. The lowest BCUT2D eigenvalue weighted by Crippen LogP contribution is -2.39. The van der Waals surface area contributed by atoms with Crippen LogP contribution in [-0.2, 0) is 14.8 Å². The van der Waals surface area contributed by atoms with E-state index in [1.54, 1.807) is 31.3 Å². The van der Waals surface area contributed by atoms with Gasteiger partial charge in [0, 0.05) is 22.6 Å². The van der Waals surface area contributed by atoms with Crippen LogP contribution < -0.4 is 9.73 Å². The fraction of sp³-hybridized carbons (Fsp3) is 0.280. The van der Waals surface area contributed by atoms with Crippen LogP contribution in [0.4, 0.5) is 5.69 Å². The topological polar surface area (TPSA) is 83.8 Å². The van der Waals surface area contributed by atoms with Crippen molar-refractivity contribution in [2.45, 2.75) is 34.6 Å². The highest BCUT2D eigenvalue weighted by Crippen LogP contribution is 2.24. The van der Waals surface area contributed by atoms with Crippen LogP contribution >= 0.6 is 0 Å². The van der Waals surface area contributed by atoms with Gasteiger partial charge in [-0.25, -0.2) is 13.8 Å². The average molecular weight is 467 g/mol. The molecule has 0 unspecified atom stereocenters. The van der Waals surface area contributed by atoms with Gasteiger partial charge < -0.3 is 4.57 Å². The van der Waals surface area contributed by atoms with Gasteiger partial charge in [0.25, 0.3) is 5.91 Å². The number of nitrogens with one attached hydrogen (secondary N) is 1. The van der Waals surface area contributed by atoms with Gasteiger partial charge in [-0.2, -0.15) is 5.10 Å². The molecule has 0 radical (unpaired) electrons. The van der Waals surface area contributed by atoms with Crippen molar-refractivity contribution >= 4 is 27.8 Å². The first-order chi connectivity index (χ1) is 15.5. The van der Waals surface area contributed by atoms with Gasteiger partial charge >= 0.3 is 0 Å². The number of hydrazone groups is 1. The molecule has 0 aliphatic rings. The second-order valence-corrected chi connectivity index (χ2v) is 10.2. The molecule has 2 aromatic carbocycles. The molecule has 1 aromatic heterocycles. The number of hydrogen-bond donors (Lipinski definition) is 1. The van der Waals surface area contributed by atoms with Gasteiger partial charge in [0.15, 0.2) is 0 Å². The molecule has 1 heterocycles. The van der Waals surface area contributed by atoms with E-state index in [1.165, 1.54) is 11.1 Å². The highest BCUT2D eigenvalue weighted by molar-refractivity contribution is 7.92. The van der Waals surface area contributed by atoms with Gasteiger partial charge in [-0.15, -0.1) is 0 Å². The van der Waals surface area contributed by atoms with Crippen LogP contribution in [0.1, 0.15) is 33.6 Å². The standard InChI is InChI=1S/C25H30N4O3S/c1-17-11-12-24(19(3)13-17)29-20(4)14-22(21(29)5)15-26-27-25(30)16-28(33(6,31)32)23-10-8-7-9-18(23)2/h7-15H,16H2,1-6H3,(H,27,30)/b26-15+. The molecule has 0 saturated carbocycles. The number of carbonyl (C=O) groups excluding carboxylic acids is 1. The maximum absolute atomic E-state index is 12.5. The first kappa shape index (κ1) is 24.3. The van der Waals surface area contributed by atoms with Crippen LogP contribution in [0.15, 0.2) is 53.6 Å². The molecule has 7 nitrogen and oxygen atoms in total. The summed E-state index contributed by atoms with van der Waals surface area (Å²) in [5.74, 6) is -0.525. The Morgan fingerprint density at radius 1 is 1.03 bits per heavy atom. The zero-order chi connectivity index (χ0) is 24.3. The van der Waals surface area contributed by atoms with E-state index >= 15 is 0 Å². The van der Waals surface area contributed by atoms with Crippen molar-refractivity contribution in [1.82, 2.24) is 9.99 Å². The van der Waals surface area contributed by atoms with E-state index in [2.05, 4.69) is 47.1 Å². The third-order valence-corrected chi connectivity index (χ3v) is 6.65. The molecule has 3 rings (SSSR count). The van der Waals surface area contributed by atoms with Gasteiger partial charge in [-0.1, -0.05) is 35.9 Å². The smallest absolute Gasteiger partial charge is 0.260 e. The molecule has 0 aliphatic heterocycles. The Balaban J connectivity index is 1.77. The van der Waals surface area contributed by atoms with Crippen molar-refractivity contribution in [1.29, 1.82) is 0 Å². The molecule has 1 N–H and O–H groups in total. The molecule has 0 bridgehead atoms. The second-order valence-electron chi connectivity index (χ2n) is 8.30. The highest BCUT2D eigenvalue weighted by Gasteiger charge is 2.22. The molecule has 3 aromatic rings. The lowest BCUT2D eigenvalue weighted by molar-refractivity contribution is -0.119. The third-order valence-electron chi connectivity index (χ3n) is 5.53. The monoisotopic (exact) mass is 466 g/mol. The minimum absolute atomic E-state index is 0.359. The molecule has 0 spiro atoms. The maximum atomic E-state index is 12.5. The van der Waals surface area contributed by atoms with Crippen molar-refractivity contribution in [2.75, 3.05) is 17.1 Å². The Bertz CT molecular complexity index is 1320. The Morgan fingerprint density at radius 2 is 1.73 bits per heavy atom. The number of carbonyl (C=O) groups is 1. The van der Waals surface area contributed by atoms with Crippen molar-refractivity contribution < 1.29 is 13.2 Å². The zero-order valence-corrected chi connectivity index (χ0v) is 20.7. The number of aromatic nitrogens is 1. The molecule has 0 saturated heterocycles. The molecular weight excluding hydrogens is 436 g/mol. The lowest BCUT2D eigenvalue weighted by Gasteiger charge is -2.23. The first-order valence-electron chi connectivity index (χ1n) is 10.6. The molecule has 8 heteroatoms. The molecule has 0 aliphatic carbocycles. The fourth-order valence-corrected chi connectivity index (χ4v) is 4.82. The Morgan fingerprint density at radius 3 is 2.36 bits per heavy atom. The number of rotatable bonds is 7. The summed E-state index contributed by atoms with van der Waals surface area (Å²) in [6, 6.07) is 15.4. The fourth-order valence-electron chi connectivity index (χ4n) is 3.91. The SMILES string of the molecule is Cc1ccc(-n2c(C)cc(/C=N/NC(=O)CN(c3ccccc3C)S(C)(=O)=O)c2C)c(C)c1. The summed E-state index contributed by atoms with van der Waals surface area (Å²) in [5, 5.41) is 4.08. The van der Waals surface area contributed by atoms with Gasteiger partial charge in [0.2, 0.25) is 10.0 Å². The average Bonchev–Trinajstić information content (AvgIpc) is 3.00. The summed E-state index contributed by atoms with van der Waals surface area (Å²) < 4.78 is 27.8. The number of benzene rings is 2. The van der Waals surface area contributed by atoms with Gasteiger partial charge in [0.05, 0.1) is 18.2 Å². The molecule has 174 valence electrons. The van der Waals surface area contributed by atoms with E-state index in [0.29, 0.717) is 5.69 Å². The number of hydrogen-bond acceptors (Lipinski definition) is 4. The van der Waals surface area contributed by atoms with Crippen LogP contribution in [0.25, 0.3) is 5.69 Å². The quantitative estimate of drug-likeness (QED) is 0.423. The number of aryl methyl sites for hydroxylation is 4. The van der Waals surface area contributed by atoms with Crippen LogP contribution in [0.2, 0.25) is 0 Å². The van der Waals surface area contributed by atoms with E-state index in [4.69, 9.17) is 0 Å². The number of sulfonamides is 1. The van der Waals surface area contributed by atoms with Crippen molar-refractivity contribution in [3.8, 4) is 5.69 Å². The van der Waals surface area contributed by atoms with E-state index < -0.39 is 15.9 Å². The number of anilines is 1. The number of nitrogens with zero attached hydrogens (tertiary/aromatic N) is 3. The van der Waals surface area contributed by atoms with E-state index in [0.717, 1.165) is 38.8 Å². The Labute approximate surface area is 195 Å². The zero-order valence-electron chi connectivity index (χ0n) is 19.9. The van der Waals surface area contributed by atoms with Crippen LogP contribution in [0.5, 0.6) is 0 Å². The summed E-state index contributed by atoms with van der Waals surface area (Å²) in [6.07, 6.45) is 2.66. The van der Waals surface area contributed by atoms with Crippen LogP contribution in [-0.4, -0.2) is 37.9 Å².